The van der Waals surface area contributed by atoms with Crippen molar-refractivity contribution in [1.29, 1.82) is 0 Å². The van der Waals surface area contributed by atoms with Gasteiger partial charge in [-0.15, -0.1) is 0 Å². The van der Waals surface area contributed by atoms with Gasteiger partial charge in [-0.1, -0.05) is 104 Å². The third-order valence-corrected chi connectivity index (χ3v) is 11.0. The highest BCUT2D eigenvalue weighted by molar-refractivity contribution is 9.11. The minimum absolute atomic E-state index is 0.0196. The van der Waals surface area contributed by atoms with E-state index in [1.807, 2.05) is 24.3 Å². The highest BCUT2D eigenvalue weighted by Gasteiger charge is 2.20. The van der Waals surface area contributed by atoms with Crippen LogP contribution in [0.4, 0.5) is 0 Å². The van der Waals surface area contributed by atoms with Crippen LogP contribution in [-0.4, -0.2) is 66.1 Å². The number of aromatic hydroxyl groups is 4. The lowest BCUT2D eigenvalue weighted by Crippen LogP contribution is -2.11. The van der Waals surface area contributed by atoms with Gasteiger partial charge in [-0.05, 0) is 156 Å². The summed E-state index contributed by atoms with van der Waals surface area (Å²) < 4.78 is 2.41. The van der Waals surface area contributed by atoms with Crippen LogP contribution in [0.2, 0.25) is 0 Å². The topological polar surface area (TPSA) is 211 Å². The van der Waals surface area contributed by atoms with Crippen LogP contribution in [-0.2, 0) is 21.7 Å². The molecule has 16 heteroatoms. The molecule has 60 heavy (non-hydrogen) atoms. The normalized spacial score (nSPS) is 12.3. The monoisotopic (exact) mass is 1080 g/mol. The third-order valence-electron chi connectivity index (χ3n) is 8.62. The molecule has 0 fully saturated rings. The largest absolute Gasteiger partial charge is 0.506 e. The van der Waals surface area contributed by atoms with E-state index in [9.17, 15) is 20.4 Å². The van der Waals surface area contributed by atoms with Crippen molar-refractivity contribution < 1.29 is 41.3 Å². The molecule has 0 unspecified atom stereocenters. The van der Waals surface area contributed by atoms with E-state index in [1.54, 1.807) is 24.3 Å². The van der Waals surface area contributed by atoms with E-state index in [2.05, 4.69) is 167 Å². The van der Waals surface area contributed by atoms with Crippen molar-refractivity contribution in [2.24, 2.45) is 20.6 Å². The van der Waals surface area contributed by atoms with Crippen LogP contribution in [0.25, 0.3) is 0 Å². The summed E-state index contributed by atoms with van der Waals surface area (Å²) in [5.74, 6) is 0.336. The fraction of sp³-hybridized carbons (Fsp3) is 0.364. The van der Waals surface area contributed by atoms with Crippen molar-refractivity contribution in [3.63, 3.8) is 0 Å². The number of halogens is 4. The molecular weight excluding hydrogens is 1030 g/mol. The number of benzene rings is 4. The first-order valence-corrected chi connectivity index (χ1v) is 21.4. The fourth-order valence-corrected chi connectivity index (χ4v) is 6.76. The zero-order chi connectivity index (χ0) is 46.6. The molecule has 0 heterocycles. The molecule has 0 saturated heterocycles. The predicted octanol–water partition coefficient (Wildman–Crippen LogP) is 13.0. The molecule has 4 aromatic carbocycles. The number of nitrogens with zero attached hydrogens (tertiary/aromatic N) is 4. The van der Waals surface area contributed by atoms with Crippen LogP contribution in [0, 0.1) is 0 Å². The highest BCUT2D eigenvalue weighted by atomic mass is 79.9. The Morgan fingerprint density at radius 2 is 0.483 bits per heavy atom. The summed E-state index contributed by atoms with van der Waals surface area (Å²) in [4.78, 5) is 0. The van der Waals surface area contributed by atoms with Crippen molar-refractivity contribution >= 4 is 88.6 Å². The van der Waals surface area contributed by atoms with Gasteiger partial charge in [0.2, 0.25) is 0 Å². The number of phenols is 4. The molecule has 8 N–H and O–H groups in total. The third kappa shape index (κ3) is 16.4. The zero-order valence-corrected chi connectivity index (χ0v) is 42.2. The van der Waals surface area contributed by atoms with E-state index < -0.39 is 0 Å². The Bertz CT molecular complexity index is 1890. The molecule has 0 aliphatic carbocycles. The van der Waals surface area contributed by atoms with Crippen LogP contribution in [0.3, 0.4) is 0 Å². The minimum Gasteiger partial charge on any atom is -0.506 e. The van der Waals surface area contributed by atoms with Gasteiger partial charge in [0, 0.05) is 22.3 Å². The number of hydrogen-bond acceptors (Lipinski definition) is 12. The highest BCUT2D eigenvalue weighted by Crippen LogP contribution is 2.37. The molecular formula is C44H56Br4N4O8. The van der Waals surface area contributed by atoms with Gasteiger partial charge >= 0.3 is 0 Å². The summed E-state index contributed by atoms with van der Waals surface area (Å²) in [6.07, 6.45) is 4.87. The van der Waals surface area contributed by atoms with Crippen molar-refractivity contribution in [3.8, 4) is 23.0 Å². The van der Waals surface area contributed by atoms with E-state index in [0.717, 1.165) is 22.3 Å². The maximum Gasteiger partial charge on any atom is 0.138 e. The SMILES string of the molecule is CC(C)(C)c1cc(Br)c(O)c(/C=N/O)c1.CC(C)(C)c1cc(Br)c(O)c(/C=N/O)c1.CC(C)(C)c1cc(Br)c(O)c(/C=N/O)c1.CC(C)(C)c1cc(Br)c(O)c(/C=N/O)c1. The second-order valence-electron chi connectivity index (χ2n) is 17.6. The van der Waals surface area contributed by atoms with E-state index >= 15 is 0 Å². The van der Waals surface area contributed by atoms with Crippen LogP contribution in [0.1, 0.15) is 128 Å². The first-order valence-electron chi connectivity index (χ1n) is 18.3. The number of rotatable bonds is 4. The number of hydrogen-bond donors (Lipinski definition) is 8. The first kappa shape index (κ1) is 53.9. The molecule has 4 aromatic rings. The Labute approximate surface area is 386 Å². The van der Waals surface area contributed by atoms with Crippen molar-refractivity contribution in [2.75, 3.05) is 0 Å². The maximum atomic E-state index is 9.67. The average Bonchev–Trinajstić information content (AvgIpc) is 3.12. The van der Waals surface area contributed by atoms with Crippen molar-refractivity contribution in [1.82, 2.24) is 0 Å². The molecule has 328 valence electrons. The Hall–Kier alpha value is -4.12. The smallest absolute Gasteiger partial charge is 0.138 e. The van der Waals surface area contributed by atoms with Gasteiger partial charge in [0.05, 0.1) is 42.7 Å². The van der Waals surface area contributed by atoms with E-state index in [0.29, 0.717) is 40.1 Å². The summed E-state index contributed by atoms with van der Waals surface area (Å²) in [7, 11) is 0. The van der Waals surface area contributed by atoms with Crippen LogP contribution in [0.5, 0.6) is 23.0 Å². The van der Waals surface area contributed by atoms with Gasteiger partial charge in [-0.2, -0.15) is 0 Å². The summed E-state index contributed by atoms with van der Waals surface area (Å²) in [6.45, 7) is 24.9. The van der Waals surface area contributed by atoms with Crippen LogP contribution < -0.4 is 0 Å². The summed E-state index contributed by atoms with van der Waals surface area (Å²) in [5.41, 5.74) is 6.14. The number of oxime groups is 4. The maximum absolute atomic E-state index is 9.67. The predicted molar refractivity (Wildman–Crippen MR) is 256 cm³/mol. The van der Waals surface area contributed by atoms with Crippen molar-refractivity contribution in [2.45, 2.75) is 105 Å². The van der Waals surface area contributed by atoms with Crippen LogP contribution >= 0.6 is 63.7 Å². The van der Waals surface area contributed by atoms with Gasteiger partial charge in [0.15, 0.2) is 0 Å². The van der Waals surface area contributed by atoms with Gasteiger partial charge in [0.25, 0.3) is 0 Å². The Kier molecular flexibility index (Phi) is 20.3. The molecule has 0 aromatic heterocycles. The van der Waals surface area contributed by atoms with E-state index in [-0.39, 0.29) is 44.7 Å². The second-order valence-corrected chi connectivity index (χ2v) is 21.0. The summed E-state index contributed by atoms with van der Waals surface area (Å²) in [6, 6.07) is 14.7. The summed E-state index contributed by atoms with van der Waals surface area (Å²) in [5, 5.41) is 84.3. The Balaban J connectivity index is 0.000000400. The van der Waals surface area contributed by atoms with E-state index in [4.69, 9.17) is 20.8 Å². The molecule has 0 bridgehead atoms. The Morgan fingerprint density at radius 1 is 0.333 bits per heavy atom. The number of phenolic OH excluding ortho intramolecular Hbond substituents is 4. The lowest BCUT2D eigenvalue weighted by Gasteiger charge is -2.20. The molecule has 0 aliphatic heterocycles. The molecule has 0 spiro atoms. The van der Waals surface area contributed by atoms with Crippen molar-refractivity contribution in [3.05, 3.63) is 111 Å². The summed E-state index contributed by atoms with van der Waals surface area (Å²) >= 11 is 13.1. The molecule has 12 nitrogen and oxygen atoms in total. The molecule has 0 amide bonds. The fourth-order valence-electron chi connectivity index (χ4n) is 4.86. The lowest BCUT2D eigenvalue weighted by molar-refractivity contribution is 0.321. The first-order chi connectivity index (χ1) is 27.4. The second kappa shape index (κ2) is 22.6. The van der Waals surface area contributed by atoms with E-state index in [1.165, 1.54) is 24.9 Å². The zero-order valence-electron chi connectivity index (χ0n) is 35.8. The van der Waals surface area contributed by atoms with Gasteiger partial charge in [-0.25, -0.2) is 0 Å². The van der Waals surface area contributed by atoms with Gasteiger partial charge in [0.1, 0.15) is 23.0 Å². The quantitative estimate of drug-likeness (QED) is 0.0558. The molecule has 0 radical (unpaired) electrons. The van der Waals surface area contributed by atoms with Crippen LogP contribution in [0.15, 0.2) is 87.0 Å². The van der Waals surface area contributed by atoms with Gasteiger partial charge < -0.3 is 41.3 Å². The lowest BCUT2D eigenvalue weighted by atomic mass is 9.86. The average molecular weight is 1090 g/mol. The Morgan fingerprint density at radius 3 is 0.600 bits per heavy atom. The minimum atomic E-state index is -0.0196. The molecule has 0 saturated carbocycles. The molecule has 4 rings (SSSR count). The molecule has 0 atom stereocenters. The molecule has 0 aliphatic rings. The van der Waals surface area contributed by atoms with Gasteiger partial charge in [-0.3, -0.25) is 0 Å². The standard InChI is InChI=1S/4C11H14BrNO2/c4*1-11(2,3)8-4-7(6-13-15)10(14)9(12)5-8/h4*4-6,14-15H,1-3H3/b4*13-6+.